The predicted molar refractivity (Wildman–Crippen MR) is 74.6 cm³/mol. The van der Waals surface area contributed by atoms with Crippen molar-refractivity contribution in [3.05, 3.63) is 22.3 Å². The lowest BCUT2D eigenvalue weighted by Gasteiger charge is -2.29. The molecule has 2 heterocycles. The van der Waals surface area contributed by atoms with Crippen LogP contribution in [-0.2, 0) is 4.79 Å². The summed E-state index contributed by atoms with van der Waals surface area (Å²) in [5.41, 5.74) is 0. The van der Waals surface area contributed by atoms with Gasteiger partial charge in [0.2, 0.25) is 5.91 Å². The molecule has 1 saturated heterocycles. The molecule has 1 aromatic heterocycles. The Hall–Kier alpha value is -0.880. The minimum Gasteiger partial charge on any atom is -0.392 e. The van der Waals surface area contributed by atoms with E-state index in [-0.39, 0.29) is 18.6 Å². The van der Waals surface area contributed by atoms with E-state index in [0.29, 0.717) is 22.4 Å². The number of halogens is 2. The molecular formula is C12H15Cl2N3O2. The summed E-state index contributed by atoms with van der Waals surface area (Å²) < 4.78 is 0. The molecule has 0 aliphatic carbocycles. The van der Waals surface area contributed by atoms with E-state index in [1.54, 1.807) is 0 Å². The molecule has 19 heavy (non-hydrogen) atoms. The lowest BCUT2D eigenvalue weighted by Crippen LogP contribution is -2.42. The second-order valence-corrected chi connectivity index (χ2v) is 5.41. The van der Waals surface area contributed by atoms with E-state index in [2.05, 4.69) is 10.3 Å². The number of hydrogen-bond donors (Lipinski definition) is 2. The van der Waals surface area contributed by atoms with Gasteiger partial charge in [0.05, 0.1) is 22.7 Å². The molecule has 1 aliphatic rings. The highest BCUT2D eigenvalue weighted by atomic mass is 35.5. The number of anilines is 1. The predicted octanol–water partition coefficient (Wildman–Crippen LogP) is 1.78. The number of aliphatic hydroxyl groups is 1. The van der Waals surface area contributed by atoms with Crippen molar-refractivity contribution in [1.82, 2.24) is 9.88 Å². The summed E-state index contributed by atoms with van der Waals surface area (Å²) in [5, 5.41) is 12.9. The highest BCUT2D eigenvalue weighted by Gasteiger charge is 2.20. The van der Waals surface area contributed by atoms with Crippen molar-refractivity contribution in [3.63, 3.8) is 0 Å². The van der Waals surface area contributed by atoms with Crippen LogP contribution in [0, 0.1) is 0 Å². The molecule has 2 N–H and O–H groups in total. The number of aromatic nitrogens is 1. The number of nitrogens with one attached hydrogen (secondary N) is 1. The first-order valence-corrected chi connectivity index (χ1v) is 6.81. The van der Waals surface area contributed by atoms with Crippen molar-refractivity contribution in [2.45, 2.75) is 18.9 Å². The zero-order valence-electron chi connectivity index (χ0n) is 10.3. The van der Waals surface area contributed by atoms with E-state index in [0.717, 1.165) is 19.4 Å². The largest absolute Gasteiger partial charge is 0.392 e. The van der Waals surface area contributed by atoms with Gasteiger partial charge in [-0.1, -0.05) is 23.2 Å². The van der Waals surface area contributed by atoms with Gasteiger partial charge in [-0.2, -0.15) is 0 Å². The molecule has 2 rings (SSSR count). The van der Waals surface area contributed by atoms with Crippen molar-refractivity contribution in [2.24, 2.45) is 0 Å². The highest BCUT2D eigenvalue weighted by Crippen LogP contribution is 2.22. The Morgan fingerprint density at radius 3 is 3.05 bits per heavy atom. The number of hydrogen-bond acceptors (Lipinski definition) is 4. The Balaban J connectivity index is 1.90. The Morgan fingerprint density at radius 2 is 2.37 bits per heavy atom. The third-order valence-corrected chi connectivity index (χ3v) is 3.41. The third kappa shape index (κ3) is 4.31. The number of rotatable bonds is 3. The van der Waals surface area contributed by atoms with E-state index in [1.165, 1.54) is 12.3 Å². The van der Waals surface area contributed by atoms with Gasteiger partial charge in [0.25, 0.3) is 0 Å². The van der Waals surface area contributed by atoms with E-state index in [1.807, 2.05) is 4.90 Å². The Labute approximate surface area is 121 Å². The number of nitrogens with zero attached hydrogens (tertiary/aromatic N) is 2. The van der Waals surface area contributed by atoms with Gasteiger partial charge in [0.15, 0.2) is 5.82 Å². The van der Waals surface area contributed by atoms with Gasteiger partial charge in [0.1, 0.15) is 0 Å². The molecular weight excluding hydrogens is 289 g/mol. The molecule has 0 spiro atoms. The van der Waals surface area contributed by atoms with Crippen LogP contribution in [0.15, 0.2) is 12.3 Å². The molecule has 104 valence electrons. The second kappa shape index (κ2) is 6.52. The fourth-order valence-corrected chi connectivity index (χ4v) is 2.48. The van der Waals surface area contributed by atoms with Crippen LogP contribution in [-0.4, -0.2) is 46.6 Å². The van der Waals surface area contributed by atoms with Gasteiger partial charge in [-0.05, 0) is 25.5 Å². The van der Waals surface area contributed by atoms with Gasteiger partial charge in [-0.25, -0.2) is 4.98 Å². The second-order valence-electron chi connectivity index (χ2n) is 4.56. The SMILES string of the molecule is O=C(CN1CCC[C@H](O)C1)Nc1ncc(Cl)cc1Cl. The van der Waals surface area contributed by atoms with Crippen LogP contribution in [0.4, 0.5) is 5.82 Å². The maximum Gasteiger partial charge on any atom is 0.239 e. The molecule has 1 aliphatic heterocycles. The fraction of sp³-hybridized carbons (Fsp3) is 0.500. The van der Waals surface area contributed by atoms with E-state index in [9.17, 15) is 9.90 Å². The van der Waals surface area contributed by atoms with Crippen molar-refractivity contribution in [1.29, 1.82) is 0 Å². The monoisotopic (exact) mass is 303 g/mol. The molecule has 7 heteroatoms. The number of pyridine rings is 1. The van der Waals surface area contributed by atoms with Crippen LogP contribution < -0.4 is 5.32 Å². The molecule has 0 bridgehead atoms. The molecule has 0 saturated carbocycles. The molecule has 5 nitrogen and oxygen atoms in total. The van der Waals surface area contributed by atoms with E-state index >= 15 is 0 Å². The highest BCUT2D eigenvalue weighted by molar-refractivity contribution is 6.36. The molecule has 1 atom stereocenters. The summed E-state index contributed by atoms with van der Waals surface area (Å²) in [6.45, 7) is 1.55. The smallest absolute Gasteiger partial charge is 0.239 e. The van der Waals surface area contributed by atoms with Crippen LogP contribution in [0.2, 0.25) is 10.0 Å². The van der Waals surface area contributed by atoms with Crippen molar-refractivity contribution in [3.8, 4) is 0 Å². The quantitative estimate of drug-likeness (QED) is 0.893. The standard InChI is InChI=1S/C12H15Cl2N3O2/c13-8-4-10(14)12(15-5-8)16-11(19)7-17-3-1-2-9(18)6-17/h4-5,9,18H,1-3,6-7H2,(H,15,16,19)/t9-/m0/s1. The minimum absolute atomic E-state index is 0.203. The number of β-amino-alcohol motifs (C(OH)–C–C–N with tert-alkyl or cyclic N) is 1. The number of carbonyl (C=O) groups excluding carboxylic acids is 1. The van der Waals surface area contributed by atoms with Gasteiger partial charge in [0, 0.05) is 12.7 Å². The average Bonchev–Trinajstić information content (AvgIpc) is 2.33. The third-order valence-electron chi connectivity index (χ3n) is 2.91. The van der Waals surface area contributed by atoms with Crippen molar-refractivity contribution >= 4 is 34.9 Å². The summed E-state index contributed by atoms with van der Waals surface area (Å²) in [4.78, 5) is 17.7. The van der Waals surface area contributed by atoms with Gasteiger partial charge in [-0.3, -0.25) is 9.69 Å². The number of carbonyl (C=O) groups is 1. The fourth-order valence-electron chi connectivity index (χ4n) is 2.06. The molecule has 1 amide bonds. The summed E-state index contributed by atoms with van der Waals surface area (Å²) in [7, 11) is 0. The lowest BCUT2D eigenvalue weighted by atomic mass is 10.1. The molecule has 1 aromatic rings. The van der Waals surface area contributed by atoms with Crippen LogP contribution >= 0.6 is 23.2 Å². The average molecular weight is 304 g/mol. The first kappa shape index (κ1) is 14.5. The van der Waals surface area contributed by atoms with Crippen LogP contribution in [0.25, 0.3) is 0 Å². The Kier molecular flexibility index (Phi) is 4.99. The normalized spacial score (nSPS) is 20.3. The topological polar surface area (TPSA) is 65.5 Å². The Bertz CT molecular complexity index is 470. The van der Waals surface area contributed by atoms with Crippen LogP contribution in [0.1, 0.15) is 12.8 Å². The first-order chi connectivity index (χ1) is 9.04. The molecule has 0 radical (unpaired) electrons. The summed E-state index contributed by atoms with van der Waals surface area (Å²) in [6, 6.07) is 1.52. The summed E-state index contributed by atoms with van der Waals surface area (Å²) in [5.74, 6) is 0.0967. The van der Waals surface area contributed by atoms with Crippen molar-refractivity contribution < 1.29 is 9.90 Å². The maximum absolute atomic E-state index is 11.9. The zero-order chi connectivity index (χ0) is 13.8. The molecule has 1 fully saturated rings. The van der Waals surface area contributed by atoms with E-state index in [4.69, 9.17) is 23.2 Å². The number of aliphatic hydroxyl groups excluding tert-OH is 1. The summed E-state index contributed by atoms with van der Waals surface area (Å²) >= 11 is 11.7. The maximum atomic E-state index is 11.9. The van der Waals surface area contributed by atoms with Gasteiger partial charge >= 0.3 is 0 Å². The van der Waals surface area contributed by atoms with Crippen LogP contribution in [0.3, 0.4) is 0 Å². The Morgan fingerprint density at radius 1 is 1.58 bits per heavy atom. The number of amides is 1. The molecule has 0 aromatic carbocycles. The van der Waals surface area contributed by atoms with Gasteiger partial charge < -0.3 is 10.4 Å². The summed E-state index contributed by atoms with van der Waals surface area (Å²) in [6.07, 6.45) is 2.77. The van der Waals surface area contributed by atoms with Gasteiger partial charge in [-0.15, -0.1) is 0 Å². The first-order valence-electron chi connectivity index (χ1n) is 6.06. The zero-order valence-corrected chi connectivity index (χ0v) is 11.8. The molecule has 0 unspecified atom stereocenters. The number of likely N-dealkylation sites (tertiary alicyclic amines) is 1. The van der Waals surface area contributed by atoms with E-state index < -0.39 is 0 Å². The van der Waals surface area contributed by atoms with Crippen molar-refractivity contribution in [2.75, 3.05) is 25.0 Å². The number of piperidine rings is 1. The minimum atomic E-state index is -0.348. The van der Waals surface area contributed by atoms with Crippen LogP contribution in [0.5, 0.6) is 0 Å². The lowest BCUT2D eigenvalue weighted by molar-refractivity contribution is -0.118.